The van der Waals surface area contributed by atoms with Gasteiger partial charge in [0.25, 0.3) is 0 Å². The number of benzene rings is 2. The average Bonchev–Trinajstić information content (AvgIpc) is 3.52. The molecule has 0 spiro atoms. The van der Waals surface area contributed by atoms with Crippen molar-refractivity contribution in [2.45, 2.75) is 80.5 Å². The van der Waals surface area contributed by atoms with E-state index in [2.05, 4.69) is 4.98 Å². The smallest absolute Gasteiger partial charge is 0.248 e. The van der Waals surface area contributed by atoms with Gasteiger partial charge in [0.05, 0.1) is 16.1 Å². The highest BCUT2D eigenvalue weighted by Crippen LogP contribution is 2.40. The zero-order chi connectivity index (χ0) is 25.5. The standard InChI is InChI=1S/C27H30F2N2O4S/c1-18-5-8-21(9-6-18)36(33,34)25-4-2-3-22(25)26(32)31(20-11-13-27(28,29)14-12-20)16-19-7-10-24-23(15-19)30-17-35-24/h5-10,15,17,20,22,25H,2-4,11-14,16H2,1H3/t22-,25-/m1/s1. The molecule has 0 bridgehead atoms. The number of carbonyl (C=O) groups excluding carboxylic acids is 1. The van der Waals surface area contributed by atoms with Gasteiger partial charge in [-0.1, -0.05) is 30.2 Å². The molecular formula is C27H30F2N2O4S. The number of hydrogen-bond acceptors (Lipinski definition) is 5. The molecule has 192 valence electrons. The van der Waals surface area contributed by atoms with Gasteiger partial charge in [-0.15, -0.1) is 0 Å². The summed E-state index contributed by atoms with van der Waals surface area (Å²) in [6.45, 7) is 2.10. The van der Waals surface area contributed by atoms with Crippen LogP contribution in [0.25, 0.3) is 11.1 Å². The van der Waals surface area contributed by atoms with Crippen molar-refractivity contribution in [1.82, 2.24) is 9.88 Å². The first-order valence-corrected chi connectivity index (χ1v) is 14.0. The SMILES string of the molecule is Cc1ccc(S(=O)(=O)[C@@H]2CCC[C@H]2C(=O)N(Cc2ccc3ocnc3c2)C2CCC(F)(F)CC2)cc1. The van der Waals surface area contributed by atoms with E-state index >= 15 is 0 Å². The number of aromatic nitrogens is 1. The first-order valence-electron chi connectivity index (χ1n) is 12.4. The number of hydrogen-bond donors (Lipinski definition) is 0. The second-order valence-electron chi connectivity index (χ2n) is 10.1. The Morgan fingerprint density at radius 3 is 2.53 bits per heavy atom. The fraction of sp³-hybridized carbons (Fsp3) is 0.481. The van der Waals surface area contributed by atoms with Crippen LogP contribution in [0, 0.1) is 12.8 Å². The molecule has 6 nitrogen and oxygen atoms in total. The van der Waals surface area contributed by atoms with Crippen molar-refractivity contribution in [2.75, 3.05) is 0 Å². The Hall–Kier alpha value is -2.81. The van der Waals surface area contributed by atoms with E-state index in [4.69, 9.17) is 4.42 Å². The average molecular weight is 517 g/mol. The number of alkyl halides is 2. The Kier molecular flexibility index (Phi) is 6.61. The lowest BCUT2D eigenvalue weighted by Gasteiger charge is -2.39. The summed E-state index contributed by atoms with van der Waals surface area (Å²) in [6.07, 6.45) is 2.68. The Labute approximate surface area is 209 Å². The van der Waals surface area contributed by atoms with E-state index in [1.165, 1.54) is 6.39 Å². The lowest BCUT2D eigenvalue weighted by molar-refractivity contribution is -0.141. The number of carbonyl (C=O) groups is 1. The zero-order valence-corrected chi connectivity index (χ0v) is 21.0. The van der Waals surface area contributed by atoms with Crippen LogP contribution in [0.4, 0.5) is 8.78 Å². The van der Waals surface area contributed by atoms with Crippen LogP contribution in [0.3, 0.4) is 0 Å². The fourth-order valence-corrected chi connectivity index (χ4v) is 7.64. The lowest BCUT2D eigenvalue weighted by Crippen LogP contribution is -2.48. The summed E-state index contributed by atoms with van der Waals surface area (Å²) in [4.78, 5) is 20.1. The summed E-state index contributed by atoms with van der Waals surface area (Å²) >= 11 is 0. The highest BCUT2D eigenvalue weighted by molar-refractivity contribution is 7.92. The van der Waals surface area contributed by atoms with E-state index in [0.717, 1.165) is 11.1 Å². The molecule has 36 heavy (non-hydrogen) atoms. The largest absolute Gasteiger partial charge is 0.443 e. The maximum absolute atomic E-state index is 14.0. The van der Waals surface area contributed by atoms with Gasteiger partial charge in [-0.25, -0.2) is 22.2 Å². The molecule has 0 radical (unpaired) electrons. The highest BCUT2D eigenvalue weighted by atomic mass is 32.2. The Bertz CT molecular complexity index is 1340. The van der Waals surface area contributed by atoms with Crippen molar-refractivity contribution >= 4 is 26.8 Å². The molecule has 1 aromatic heterocycles. The van der Waals surface area contributed by atoms with Crippen LogP contribution in [0.2, 0.25) is 0 Å². The minimum absolute atomic E-state index is 0.188. The van der Waals surface area contributed by atoms with Crippen molar-refractivity contribution < 1.29 is 26.4 Å². The van der Waals surface area contributed by atoms with Crippen LogP contribution >= 0.6 is 0 Å². The number of sulfone groups is 1. The predicted octanol–water partition coefficient (Wildman–Crippen LogP) is 5.69. The molecule has 2 atom stereocenters. The molecule has 1 heterocycles. The Morgan fingerprint density at radius 1 is 1.08 bits per heavy atom. The summed E-state index contributed by atoms with van der Waals surface area (Å²) in [7, 11) is -3.72. The number of rotatable bonds is 6. The van der Waals surface area contributed by atoms with E-state index in [0.29, 0.717) is 30.4 Å². The normalized spacial score (nSPS) is 22.6. The van der Waals surface area contributed by atoms with E-state index in [1.807, 2.05) is 19.1 Å². The van der Waals surface area contributed by atoms with Crippen LogP contribution < -0.4 is 0 Å². The summed E-state index contributed by atoms with van der Waals surface area (Å²) in [5.74, 6) is -3.69. The summed E-state index contributed by atoms with van der Waals surface area (Å²) in [6, 6.07) is 11.8. The molecular weight excluding hydrogens is 486 g/mol. The van der Waals surface area contributed by atoms with Crippen molar-refractivity contribution in [3.63, 3.8) is 0 Å². The van der Waals surface area contributed by atoms with E-state index < -0.39 is 26.9 Å². The monoisotopic (exact) mass is 516 g/mol. The van der Waals surface area contributed by atoms with Gasteiger partial charge in [0.2, 0.25) is 11.8 Å². The first-order chi connectivity index (χ1) is 17.1. The molecule has 0 N–H and O–H groups in total. The predicted molar refractivity (Wildman–Crippen MR) is 131 cm³/mol. The van der Waals surface area contributed by atoms with E-state index in [-0.39, 0.29) is 49.1 Å². The van der Waals surface area contributed by atoms with Crippen LogP contribution in [-0.4, -0.2) is 41.4 Å². The molecule has 2 aliphatic rings. The number of oxazole rings is 1. The molecule has 2 saturated carbocycles. The molecule has 0 unspecified atom stereocenters. The van der Waals surface area contributed by atoms with Gasteiger partial charge in [-0.3, -0.25) is 4.79 Å². The lowest BCUT2D eigenvalue weighted by atomic mass is 9.89. The van der Waals surface area contributed by atoms with Crippen LogP contribution in [0.5, 0.6) is 0 Å². The highest BCUT2D eigenvalue weighted by Gasteiger charge is 2.46. The molecule has 0 saturated heterocycles. The van der Waals surface area contributed by atoms with Crippen molar-refractivity contribution in [3.8, 4) is 0 Å². The third kappa shape index (κ3) is 4.90. The van der Waals surface area contributed by atoms with Crippen LogP contribution in [0.15, 0.2) is 58.2 Å². The van der Waals surface area contributed by atoms with Gasteiger partial charge in [0, 0.05) is 25.4 Å². The minimum Gasteiger partial charge on any atom is -0.443 e. The molecule has 3 aromatic rings. The van der Waals surface area contributed by atoms with E-state index in [1.54, 1.807) is 35.2 Å². The van der Waals surface area contributed by atoms with Gasteiger partial charge < -0.3 is 9.32 Å². The van der Waals surface area contributed by atoms with Crippen LogP contribution in [-0.2, 0) is 21.2 Å². The quantitative estimate of drug-likeness (QED) is 0.421. The van der Waals surface area contributed by atoms with Crippen LogP contribution in [0.1, 0.15) is 56.1 Å². The zero-order valence-electron chi connectivity index (χ0n) is 20.2. The van der Waals surface area contributed by atoms with Gasteiger partial charge >= 0.3 is 0 Å². The second-order valence-corrected chi connectivity index (χ2v) is 12.3. The number of aryl methyl sites for hydroxylation is 1. The van der Waals surface area contributed by atoms with Crippen molar-refractivity contribution in [3.05, 3.63) is 60.0 Å². The van der Waals surface area contributed by atoms with Gasteiger partial charge in [-0.2, -0.15) is 0 Å². The fourth-order valence-electron chi connectivity index (χ4n) is 5.62. The minimum atomic E-state index is -3.72. The molecule has 0 aliphatic heterocycles. The van der Waals surface area contributed by atoms with Gasteiger partial charge in [0.1, 0.15) is 5.52 Å². The maximum atomic E-state index is 14.0. The maximum Gasteiger partial charge on any atom is 0.248 e. The van der Waals surface area contributed by atoms with Gasteiger partial charge in [-0.05, 0) is 62.4 Å². The molecule has 1 amide bonds. The number of amides is 1. The molecule has 5 rings (SSSR count). The number of nitrogens with zero attached hydrogens (tertiary/aromatic N) is 2. The third-order valence-electron chi connectivity index (χ3n) is 7.68. The number of halogens is 2. The first kappa shape index (κ1) is 24.9. The Balaban J connectivity index is 1.44. The topological polar surface area (TPSA) is 80.5 Å². The molecule has 2 fully saturated rings. The summed E-state index contributed by atoms with van der Waals surface area (Å²) in [5, 5.41) is -0.821. The third-order valence-corrected chi connectivity index (χ3v) is 9.97. The molecule has 9 heteroatoms. The van der Waals surface area contributed by atoms with Crippen molar-refractivity contribution in [2.24, 2.45) is 5.92 Å². The molecule has 2 aliphatic carbocycles. The van der Waals surface area contributed by atoms with Gasteiger partial charge in [0.15, 0.2) is 21.8 Å². The number of fused-ring (bicyclic) bond motifs is 1. The summed E-state index contributed by atoms with van der Waals surface area (Å²) < 4.78 is 60.3. The molecule has 2 aromatic carbocycles. The summed E-state index contributed by atoms with van der Waals surface area (Å²) in [5.41, 5.74) is 3.03. The van der Waals surface area contributed by atoms with E-state index in [9.17, 15) is 22.0 Å². The Morgan fingerprint density at radius 2 is 1.81 bits per heavy atom. The second kappa shape index (κ2) is 9.57. The van der Waals surface area contributed by atoms with Crippen molar-refractivity contribution in [1.29, 1.82) is 0 Å².